The summed E-state index contributed by atoms with van der Waals surface area (Å²) in [6.07, 6.45) is 6.60. The molecule has 0 bridgehead atoms. The summed E-state index contributed by atoms with van der Waals surface area (Å²) in [5.41, 5.74) is 0. The standard InChI is InChI=1S/C16H32O2/c1-6-8-14(5)11-15(9-7-2)12-18-16(17)10-13(3)4/h13-15H,6-12H2,1-5H3. The van der Waals surface area contributed by atoms with E-state index in [0.29, 0.717) is 24.9 Å². The highest BCUT2D eigenvalue weighted by Gasteiger charge is 2.15. The highest BCUT2D eigenvalue weighted by atomic mass is 16.5. The Balaban J connectivity index is 3.99. The van der Waals surface area contributed by atoms with Crippen molar-refractivity contribution in [2.75, 3.05) is 6.61 Å². The SMILES string of the molecule is CCCC(C)CC(CCC)COC(=O)CC(C)C. The van der Waals surface area contributed by atoms with Gasteiger partial charge in [-0.1, -0.05) is 53.9 Å². The number of hydrogen-bond acceptors (Lipinski definition) is 2. The molecule has 0 aromatic heterocycles. The van der Waals surface area contributed by atoms with Crippen molar-refractivity contribution in [1.29, 1.82) is 0 Å². The minimum absolute atomic E-state index is 0.0331. The highest BCUT2D eigenvalue weighted by molar-refractivity contribution is 5.69. The number of carbonyl (C=O) groups is 1. The molecule has 0 aliphatic carbocycles. The fourth-order valence-electron chi connectivity index (χ4n) is 2.46. The summed E-state index contributed by atoms with van der Waals surface area (Å²) in [4.78, 5) is 11.6. The summed E-state index contributed by atoms with van der Waals surface area (Å²) in [7, 11) is 0. The van der Waals surface area contributed by atoms with Gasteiger partial charge in [0.05, 0.1) is 6.61 Å². The monoisotopic (exact) mass is 256 g/mol. The Morgan fingerprint density at radius 2 is 1.67 bits per heavy atom. The minimum atomic E-state index is -0.0331. The van der Waals surface area contributed by atoms with Crippen LogP contribution in [-0.2, 0) is 9.53 Å². The Hall–Kier alpha value is -0.530. The molecule has 0 amide bonds. The molecule has 18 heavy (non-hydrogen) atoms. The molecule has 0 aromatic rings. The van der Waals surface area contributed by atoms with Crippen LogP contribution in [0.5, 0.6) is 0 Å². The molecule has 0 aliphatic rings. The summed E-state index contributed by atoms with van der Waals surface area (Å²) in [6.45, 7) is 11.5. The van der Waals surface area contributed by atoms with E-state index in [9.17, 15) is 4.79 Å². The van der Waals surface area contributed by atoms with Crippen molar-refractivity contribution >= 4 is 5.97 Å². The second-order valence-electron chi connectivity index (χ2n) is 6.07. The van der Waals surface area contributed by atoms with Gasteiger partial charge in [0.25, 0.3) is 0 Å². The molecule has 0 radical (unpaired) electrons. The largest absolute Gasteiger partial charge is 0.465 e. The van der Waals surface area contributed by atoms with Crippen molar-refractivity contribution in [3.8, 4) is 0 Å². The van der Waals surface area contributed by atoms with Gasteiger partial charge >= 0.3 is 5.97 Å². The summed E-state index contributed by atoms with van der Waals surface area (Å²) < 4.78 is 5.41. The molecular formula is C16H32O2. The summed E-state index contributed by atoms with van der Waals surface area (Å²) in [5, 5.41) is 0. The van der Waals surface area contributed by atoms with Crippen molar-refractivity contribution < 1.29 is 9.53 Å². The molecule has 0 rings (SSSR count). The number of carbonyl (C=O) groups excluding carboxylic acids is 1. The van der Waals surface area contributed by atoms with E-state index in [1.807, 2.05) is 13.8 Å². The van der Waals surface area contributed by atoms with Crippen molar-refractivity contribution in [3.63, 3.8) is 0 Å². The van der Waals surface area contributed by atoms with Crippen LogP contribution in [0.2, 0.25) is 0 Å². The van der Waals surface area contributed by atoms with Crippen LogP contribution < -0.4 is 0 Å². The maximum absolute atomic E-state index is 11.6. The first-order valence-corrected chi connectivity index (χ1v) is 7.65. The van der Waals surface area contributed by atoms with Crippen LogP contribution in [-0.4, -0.2) is 12.6 Å². The number of ether oxygens (including phenoxy) is 1. The quantitative estimate of drug-likeness (QED) is 0.524. The lowest BCUT2D eigenvalue weighted by atomic mass is 9.90. The van der Waals surface area contributed by atoms with Crippen molar-refractivity contribution in [3.05, 3.63) is 0 Å². The summed E-state index contributed by atoms with van der Waals surface area (Å²) in [6, 6.07) is 0. The normalized spacial score (nSPS) is 14.6. The predicted molar refractivity (Wildman–Crippen MR) is 77.5 cm³/mol. The van der Waals surface area contributed by atoms with Crippen LogP contribution in [0.25, 0.3) is 0 Å². The first kappa shape index (κ1) is 17.5. The van der Waals surface area contributed by atoms with Crippen molar-refractivity contribution in [1.82, 2.24) is 0 Å². The molecule has 2 unspecified atom stereocenters. The van der Waals surface area contributed by atoms with Crippen molar-refractivity contribution in [2.24, 2.45) is 17.8 Å². The average Bonchev–Trinajstić information content (AvgIpc) is 2.25. The van der Waals surface area contributed by atoms with Gasteiger partial charge < -0.3 is 4.74 Å². The first-order valence-electron chi connectivity index (χ1n) is 7.65. The summed E-state index contributed by atoms with van der Waals surface area (Å²) in [5.74, 6) is 1.65. The molecule has 0 spiro atoms. The second kappa shape index (κ2) is 10.4. The van der Waals surface area contributed by atoms with E-state index in [2.05, 4.69) is 20.8 Å². The maximum Gasteiger partial charge on any atom is 0.306 e. The van der Waals surface area contributed by atoms with E-state index in [4.69, 9.17) is 4.74 Å². The maximum atomic E-state index is 11.6. The molecule has 108 valence electrons. The van der Waals surface area contributed by atoms with Crippen molar-refractivity contribution in [2.45, 2.75) is 73.1 Å². The van der Waals surface area contributed by atoms with Gasteiger partial charge in [-0.05, 0) is 30.6 Å². The zero-order chi connectivity index (χ0) is 14.0. The fraction of sp³-hybridized carbons (Fsp3) is 0.938. The van der Waals surface area contributed by atoms with E-state index < -0.39 is 0 Å². The van der Waals surface area contributed by atoms with E-state index in [-0.39, 0.29) is 5.97 Å². The zero-order valence-electron chi connectivity index (χ0n) is 13.0. The fourth-order valence-corrected chi connectivity index (χ4v) is 2.46. The molecule has 2 nitrogen and oxygen atoms in total. The molecule has 2 heteroatoms. The van der Waals surface area contributed by atoms with Crippen LogP contribution >= 0.6 is 0 Å². The lowest BCUT2D eigenvalue weighted by Crippen LogP contribution is -2.17. The lowest BCUT2D eigenvalue weighted by Gasteiger charge is -2.20. The molecule has 2 atom stereocenters. The number of rotatable bonds is 10. The molecule has 0 N–H and O–H groups in total. The van der Waals surface area contributed by atoms with E-state index in [1.165, 1.54) is 32.1 Å². The third-order valence-electron chi connectivity index (χ3n) is 3.27. The van der Waals surface area contributed by atoms with Gasteiger partial charge in [0.2, 0.25) is 0 Å². The molecule has 0 fully saturated rings. The minimum Gasteiger partial charge on any atom is -0.465 e. The highest BCUT2D eigenvalue weighted by Crippen LogP contribution is 2.21. The Morgan fingerprint density at radius 1 is 1.06 bits per heavy atom. The molecule has 0 saturated carbocycles. The molecule has 0 heterocycles. The molecular weight excluding hydrogens is 224 g/mol. The molecule has 0 aliphatic heterocycles. The van der Waals surface area contributed by atoms with Crippen LogP contribution in [0.1, 0.15) is 73.1 Å². The smallest absolute Gasteiger partial charge is 0.306 e. The van der Waals surface area contributed by atoms with Gasteiger partial charge in [-0.2, -0.15) is 0 Å². The zero-order valence-corrected chi connectivity index (χ0v) is 13.0. The van der Waals surface area contributed by atoms with Gasteiger partial charge in [-0.25, -0.2) is 0 Å². The Morgan fingerprint density at radius 3 is 2.17 bits per heavy atom. The van der Waals surface area contributed by atoms with Crippen LogP contribution in [0, 0.1) is 17.8 Å². The van der Waals surface area contributed by atoms with Gasteiger partial charge in [0.1, 0.15) is 0 Å². The lowest BCUT2D eigenvalue weighted by molar-refractivity contribution is -0.146. The second-order valence-corrected chi connectivity index (χ2v) is 6.07. The predicted octanol–water partition coefficient (Wildman–Crippen LogP) is 4.82. The van der Waals surface area contributed by atoms with E-state index in [0.717, 1.165) is 5.92 Å². The van der Waals surface area contributed by atoms with E-state index >= 15 is 0 Å². The summed E-state index contributed by atoms with van der Waals surface area (Å²) >= 11 is 0. The van der Waals surface area contributed by atoms with Crippen LogP contribution in [0.4, 0.5) is 0 Å². The first-order chi connectivity index (χ1) is 8.49. The van der Waals surface area contributed by atoms with E-state index in [1.54, 1.807) is 0 Å². The van der Waals surface area contributed by atoms with Gasteiger partial charge in [-0.3, -0.25) is 4.79 Å². The Labute approximate surface area is 113 Å². The average molecular weight is 256 g/mol. The third-order valence-corrected chi connectivity index (χ3v) is 3.27. The topological polar surface area (TPSA) is 26.3 Å². The number of hydrogen-bond donors (Lipinski definition) is 0. The van der Waals surface area contributed by atoms with Gasteiger partial charge in [0, 0.05) is 6.42 Å². The van der Waals surface area contributed by atoms with Crippen LogP contribution in [0.3, 0.4) is 0 Å². The molecule has 0 aromatic carbocycles. The van der Waals surface area contributed by atoms with Gasteiger partial charge in [0.15, 0.2) is 0 Å². The van der Waals surface area contributed by atoms with Crippen LogP contribution in [0.15, 0.2) is 0 Å². The third kappa shape index (κ3) is 9.49. The Kier molecular flexibility index (Phi) is 10.1. The van der Waals surface area contributed by atoms with Gasteiger partial charge in [-0.15, -0.1) is 0 Å². The number of esters is 1. The Bertz CT molecular complexity index is 211. The molecule has 0 saturated heterocycles.